The van der Waals surface area contributed by atoms with Gasteiger partial charge in [-0.3, -0.25) is 9.69 Å². The number of amides is 1. The summed E-state index contributed by atoms with van der Waals surface area (Å²) >= 11 is 0. The summed E-state index contributed by atoms with van der Waals surface area (Å²) in [5.74, 6) is 0.158. The van der Waals surface area contributed by atoms with Gasteiger partial charge in [0.1, 0.15) is 6.61 Å². The molecule has 0 aromatic carbocycles. The molecule has 132 valence electrons. The number of ether oxygens (including phenoxy) is 1. The molecule has 0 aromatic rings. The molecule has 0 bridgehead atoms. The predicted molar refractivity (Wildman–Crippen MR) is 90.5 cm³/mol. The van der Waals surface area contributed by atoms with Gasteiger partial charge in [-0.05, 0) is 52.4 Å². The van der Waals surface area contributed by atoms with Crippen LogP contribution in [0.15, 0.2) is 0 Å². The lowest BCUT2D eigenvalue weighted by Crippen LogP contribution is -2.54. The number of likely N-dealkylation sites (tertiary alicyclic amines) is 1. The van der Waals surface area contributed by atoms with E-state index in [-0.39, 0.29) is 12.5 Å². The average molecular weight is 324 g/mol. The lowest BCUT2D eigenvalue weighted by atomic mass is 10.0. The molecule has 1 atom stereocenters. The molecule has 3 aliphatic heterocycles. The Balaban J connectivity index is 1.32. The highest BCUT2D eigenvalue weighted by Crippen LogP contribution is 2.17. The molecule has 0 radical (unpaired) electrons. The van der Waals surface area contributed by atoms with Crippen LogP contribution >= 0.6 is 0 Å². The summed E-state index contributed by atoms with van der Waals surface area (Å²) in [5, 5.41) is 3.40. The van der Waals surface area contributed by atoms with Crippen LogP contribution in [0.3, 0.4) is 0 Å². The van der Waals surface area contributed by atoms with Crippen LogP contribution in [0.5, 0.6) is 0 Å². The van der Waals surface area contributed by atoms with Gasteiger partial charge in [-0.1, -0.05) is 0 Å². The Hall–Kier alpha value is -0.690. The number of carbonyl (C=O) groups is 1. The van der Waals surface area contributed by atoms with Crippen molar-refractivity contribution in [1.29, 1.82) is 0 Å². The van der Waals surface area contributed by atoms with Crippen LogP contribution in [-0.4, -0.2) is 98.8 Å². The lowest BCUT2D eigenvalue weighted by Gasteiger charge is -2.42. The van der Waals surface area contributed by atoms with Gasteiger partial charge in [0.15, 0.2) is 0 Å². The van der Waals surface area contributed by atoms with Gasteiger partial charge in [0.2, 0.25) is 5.91 Å². The number of carbonyl (C=O) groups excluding carboxylic acids is 1. The summed E-state index contributed by atoms with van der Waals surface area (Å²) in [6.45, 7) is 8.15. The van der Waals surface area contributed by atoms with Crippen molar-refractivity contribution in [2.24, 2.45) is 0 Å². The van der Waals surface area contributed by atoms with E-state index in [0.717, 1.165) is 32.7 Å². The lowest BCUT2D eigenvalue weighted by molar-refractivity contribution is -0.138. The highest BCUT2D eigenvalue weighted by Gasteiger charge is 2.28. The van der Waals surface area contributed by atoms with E-state index in [1.807, 2.05) is 4.90 Å². The third-order valence-corrected chi connectivity index (χ3v) is 5.58. The second-order valence-electron chi connectivity index (χ2n) is 7.26. The zero-order chi connectivity index (χ0) is 16.1. The number of nitrogens with one attached hydrogen (secondary N) is 1. The van der Waals surface area contributed by atoms with Crippen LogP contribution in [0, 0.1) is 0 Å². The minimum Gasteiger partial charge on any atom is -0.370 e. The fourth-order valence-electron chi connectivity index (χ4n) is 3.98. The van der Waals surface area contributed by atoms with Crippen molar-refractivity contribution >= 4 is 5.91 Å². The molecule has 1 amide bonds. The van der Waals surface area contributed by atoms with E-state index in [4.69, 9.17) is 4.74 Å². The van der Waals surface area contributed by atoms with Gasteiger partial charge in [-0.2, -0.15) is 0 Å². The van der Waals surface area contributed by atoms with E-state index in [2.05, 4.69) is 22.2 Å². The van der Waals surface area contributed by atoms with Crippen molar-refractivity contribution in [3.63, 3.8) is 0 Å². The topological polar surface area (TPSA) is 48.0 Å². The maximum atomic E-state index is 12.3. The normalized spacial score (nSPS) is 28.4. The molecule has 3 rings (SSSR count). The summed E-state index contributed by atoms with van der Waals surface area (Å²) in [4.78, 5) is 19.2. The van der Waals surface area contributed by atoms with Gasteiger partial charge in [-0.15, -0.1) is 0 Å². The third kappa shape index (κ3) is 4.89. The standard InChI is InChI=1S/C17H32N4O2/c1-19-7-4-16(5-8-19)20-9-11-21(12-10-20)17(22)14-23-13-15-3-2-6-18-15/h15-16,18H,2-14H2,1H3/t15-/m1/s1. The number of piperidine rings is 1. The highest BCUT2D eigenvalue weighted by atomic mass is 16.5. The van der Waals surface area contributed by atoms with Crippen LogP contribution in [0.1, 0.15) is 25.7 Å². The van der Waals surface area contributed by atoms with Crippen molar-refractivity contribution in [2.45, 2.75) is 37.8 Å². The minimum absolute atomic E-state index is 0.158. The van der Waals surface area contributed by atoms with Crippen molar-refractivity contribution in [1.82, 2.24) is 20.0 Å². The first-order valence-electron chi connectivity index (χ1n) is 9.24. The van der Waals surface area contributed by atoms with Crippen molar-refractivity contribution < 1.29 is 9.53 Å². The zero-order valence-electron chi connectivity index (χ0n) is 14.5. The molecule has 3 saturated heterocycles. The van der Waals surface area contributed by atoms with Gasteiger partial charge in [-0.25, -0.2) is 0 Å². The van der Waals surface area contributed by atoms with E-state index in [1.165, 1.54) is 38.8 Å². The van der Waals surface area contributed by atoms with E-state index in [1.54, 1.807) is 0 Å². The first-order valence-corrected chi connectivity index (χ1v) is 9.24. The Morgan fingerprint density at radius 2 is 1.83 bits per heavy atom. The van der Waals surface area contributed by atoms with E-state index in [9.17, 15) is 4.79 Å². The number of hydrogen-bond acceptors (Lipinski definition) is 5. The first kappa shape index (κ1) is 17.1. The summed E-state index contributed by atoms with van der Waals surface area (Å²) in [6, 6.07) is 1.16. The van der Waals surface area contributed by atoms with E-state index >= 15 is 0 Å². The SMILES string of the molecule is CN1CCC(N2CCN(C(=O)COC[C@H]3CCCN3)CC2)CC1. The molecule has 0 aliphatic carbocycles. The Labute approximate surface area is 140 Å². The minimum atomic E-state index is 0.158. The van der Waals surface area contributed by atoms with Gasteiger partial charge in [0, 0.05) is 38.3 Å². The maximum absolute atomic E-state index is 12.3. The van der Waals surface area contributed by atoms with Crippen molar-refractivity contribution in [2.75, 3.05) is 66.1 Å². The zero-order valence-corrected chi connectivity index (χ0v) is 14.5. The molecule has 0 aromatic heterocycles. The molecule has 3 heterocycles. The molecular weight excluding hydrogens is 292 g/mol. The van der Waals surface area contributed by atoms with Crippen LogP contribution in [0.25, 0.3) is 0 Å². The average Bonchev–Trinajstić information content (AvgIpc) is 3.09. The second kappa shape index (κ2) is 8.42. The number of nitrogens with zero attached hydrogens (tertiary/aromatic N) is 3. The molecular formula is C17H32N4O2. The number of rotatable bonds is 5. The maximum Gasteiger partial charge on any atom is 0.248 e. The van der Waals surface area contributed by atoms with E-state index < -0.39 is 0 Å². The molecule has 23 heavy (non-hydrogen) atoms. The highest BCUT2D eigenvalue weighted by molar-refractivity contribution is 5.77. The molecule has 3 fully saturated rings. The van der Waals surface area contributed by atoms with Crippen LogP contribution in [0.2, 0.25) is 0 Å². The van der Waals surface area contributed by atoms with Crippen molar-refractivity contribution in [3.05, 3.63) is 0 Å². The number of hydrogen-bond donors (Lipinski definition) is 1. The molecule has 6 nitrogen and oxygen atoms in total. The summed E-state index contributed by atoms with van der Waals surface area (Å²) in [5.41, 5.74) is 0. The summed E-state index contributed by atoms with van der Waals surface area (Å²) in [6.07, 6.45) is 4.92. The van der Waals surface area contributed by atoms with Gasteiger partial charge in [0.25, 0.3) is 0 Å². The van der Waals surface area contributed by atoms with Crippen LogP contribution < -0.4 is 5.32 Å². The largest absolute Gasteiger partial charge is 0.370 e. The Morgan fingerprint density at radius 3 is 2.48 bits per heavy atom. The van der Waals surface area contributed by atoms with Gasteiger partial charge in [0.05, 0.1) is 6.61 Å². The van der Waals surface area contributed by atoms with Gasteiger partial charge < -0.3 is 19.9 Å². The molecule has 0 spiro atoms. The molecule has 0 saturated carbocycles. The quantitative estimate of drug-likeness (QED) is 0.771. The molecule has 1 N–H and O–H groups in total. The third-order valence-electron chi connectivity index (χ3n) is 5.58. The first-order chi connectivity index (χ1) is 11.2. The Morgan fingerprint density at radius 1 is 1.09 bits per heavy atom. The molecule has 0 unspecified atom stereocenters. The van der Waals surface area contributed by atoms with Crippen LogP contribution in [-0.2, 0) is 9.53 Å². The monoisotopic (exact) mass is 324 g/mol. The van der Waals surface area contributed by atoms with Crippen molar-refractivity contribution in [3.8, 4) is 0 Å². The summed E-state index contributed by atoms with van der Waals surface area (Å²) < 4.78 is 5.61. The number of piperazine rings is 1. The fourth-order valence-corrected chi connectivity index (χ4v) is 3.98. The molecule has 6 heteroatoms. The Bertz CT molecular complexity index is 371. The summed E-state index contributed by atoms with van der Waals surface area (Å²) in [7, 11) is 2.20. The second-order valence-corrected chi connectivity index (χ2v) is 7.26. The smallest absolute Gasteiger partial charge is 0.248 e. The fraction of sp³-hybridized carbons (Fsp3) is 0.941. The van der Waals surface area contributed by atoms with Gasteiger partial charge >= 0.3 is 0 Å². The molecule has 3 aliphatic rings. The Kier molecular flexibility index (Phi) is 6.28. The van der Waals surface area contributed by atoms with E-state index in [0.29, 0.717) is 18.7 Å². The van der Waals surface area contributed by atoms with Crippen LogP contribution in [0.4, 0.5) is 0 Å². The predicted octanol–water partition coefficient (Wildman–Crippen LogP) is -0.00660.